The average molecular weight is 322 g/mol. The van der Waals surface area contributed by atoms with Gasteiger partial charge in [0.1, 0.15) is 17.5 Å². The van der Waals surface area contributed by atoms with E-state index in [-0.39, 0.29) is 17.7 Å². The lowest BCUT2D eigenvalue weighted by Crippen LogP contribution is -2.49. The molecule has 2 saturated heterocycles. The Balaban J connectivity index is 2.18. The summed E-state index contributed by atoms with van der Waals surface area (Å²) in [6, 6.07) is 0.375. The molecule has 2 aliphatic heterocycles. The molecule has 23 heavy (non-hydrogen) atoms. The molecular formula is C15H30N8. The summed E-state index contributed by atoms with van der Waals surface area (Å²) in [5.41, 5.74) is 12.2. The molecule has 0 saturated carbocycles. The number of nitrogens with zero attached hydrogens (tertiary/aromatic N) is 2. The lowest BCUT2D eigenvalue weighted by atomic mass is 10.0. The number of nitrogens with one attached hydrogen (secondary N) is 4. The summed E-state index contributed by atoms with van der Waals surface area (Å²) in [6.45, 7) is 3.41. The molecule has 0 bridgehead atoms. The zero-order chi connectivity index (χ0) is 17.0. The fraction of sp³-hybridized carbons (Fsp3) is 0.733. The predicted octanol–water partition coefficient (Wildman–Crippen LogP) is -0.953. The van der Waals surface area contributed by atoms with Crippen molar-refractivity contribution in [3.05, 3.63) is 11.4 Å². The van der Waals surface area contributed by atoms with Crippen LogP contribution in [0, 0.1) is 10.8 Å². The average Bonchev–Trinajstić information content (AvgIpc) is 2.91. The normalized spacial score (nSPS) is 26.7. The Kier molecular flexibility index (Phi) is 5.84. The van der Waals surface area contributed by atoms with E-state index in [0.29, 0.717) is 24.0 Å². The van der Waals surface area contributed by atoms with Crippen molar-refractivity contribution in [3.8, 4) is 0 Å². The summed E-state index contributed by atoms with van der Waals surface area (Å²) in [7, 11) is 3.88. The molecule has 2 unspecified atom stereocenters. The van der Waals surface area contributed by atoms with Crippen LogP contribution in [0.25, 0.3) is 0 Å². The van der Waals surface area contributed by atoms with E-state index in [4.69, 9.17) is 22.3 Å². The van der Waals surface area contributed by atoms with Crippen LogP contribution in [0.15, 0.2) is 11.4 Å². The zero-order valence-electron chi connectivity index (χ0n) is 14.2. The lowest BCUT2D eigenvalue weighted by Gasteiger charge is -2.34. The van der Waals surface area contributed by atoms with E-state index in [2.05, 4.69) is 22.6 Å². The van der Waals surface area contributed by atoms with Crippen molar-refractivity contribution in [2.75, 3.05) is 40.3 Å². The highest BCUT2D eigenvalue weighted by atomic mass is 15.2. The van der Waals surface area contributed by atoms with Crippen molar-refractivity contribution >= 4 is 11.7 Å². The first-order chi connectivity index (χ1) is 10.9. The molecule has 2 atom stereocenters. The Morgan fingerprint density at radius 1 is 1.17 bits per heavy atom. The molecule has 0 aromatic rings. The van der Waals surface area contributed by atoms with Gasteiger partial charge in [-0.1, -0.05) is 0 Å². The molecule has 0 amide bonds. The number of amidine groups is 2. The van der Waals surface area contributed by atoms with Crippen LogP contribution in [-0.2, 0) is 0 Å². The maximum Gasteiger partial charge on any atom is 0.135 e. The number of nitrogens with two attached hydrogens (primary N) is 2. The second-order valence-corrected chi connectivity index (χ2v) is 6.50. The fourth-order valence-corrected chi connectivity index (χ4v) is 3.28. The van der Waals surface area contributed by atoms with Crippen LogP contribution in [0.5, 0.6) is 0 Å². The number of hydrogen-bond donors (Lipinski definition) is 6. The highest BCUT2D eigenvalue weighted by Crippen LogP contribution is 2.15. The Labute approximate surface area is 138 Å². The standard InChI is InChI=1S/C15H30N8/c1-20-15(21-11-5-7-22(2)9-11)12(13(17)18)14(19)23-6-3-4-10(16)8-23/h10-11,19-21H,3-9,16H2,1-2H3,(H3,17,18)/b15-12-,19-14?. The van der Waals surface area contributed by atoms with Gasteiger partial charge < -0.3 is 31.9 Å². The maximum absolute atomic E-state index is 8.51. The second kappa shape index (κ2) is 7.65. The number of rotatable bonds is 5. The van der Waals surface area contributed by atoms with Crippen molar-refractivity contribution in [1.82, 2.24) is 20.4 Å². The maximum atomic E-state index is 8.51. The second-order valence-electron chi connectivity index (χ2n) is 6.50. The minimum Gasteiger partial charge on any atom is -0.383 e. The summed E-state index contributed by atoms with van der Waals surface area (Å²) in [5, 5.41) is 22.9. The third kappa shape index (κ3) is 4.35. The van der Waals surface area contributed by atoms with Gasteiger partial charge in [0, 0.05) is 38.8 Å². The molecule has 8 nitrogen and oxygen atoms in total. The molecule has 0 aliphatic carbocycles. The smallest absolute Gasteiger partial charge is 0.135 e. The molecule has 2 aliphatic rings. The van der Waals surface area contributed by atoms with E-state index in [0.717, 1.165) is 38.9 Å². The summed E-state index contributed by atoms with van der Waals surface area (Å²) in [6.07, 6.45) is 2.98. The SMILES string of the molecule is CN/C(NC1CCN(C)C1)=C(\C(=N)N)C(=N)N1CCCC(N)C1. The molecule has 0 radical (unpaired) electrons. The molecule has 2 rings (SSSR count). The van der Waals surface area contributed by atoms with Crippen molar-refractivity contribution in [2.45, 2.75) is 31.3 Å². The van der Waals surface area contributed by atoms with Gasteiger partial charge in [-0.05, 0) is 32.9 Å². The van der Waals surface area contributed by atoms with E-state index >= 15 is 0 Å². The van der Waals surface area contributed by atoms with Crippen LogP contribution in [0.3, 0.4) is 0 Å². The molecule has 0 aromatic carbocycles. The van der Waals surface area contributed by atoms with Gasteiger partial charge in [-0.15, -0.1) is 0 Å². The van der Waals surface area contributed by atoms with E-state index in [1.165, 1.54) is 0 Å². The molecular weight excluding hydrogens is 292 g/mol. The molecule has 0 aromatic heterocycles. The van der Waals surface area contributed by atoms with Gasteiger partial charge in [0.05, 0.1) is 5.57 Å². The molecule has 8 N–H and O–H groups in total. The van der Waals surface area contributed by atoms with E-state index in [9.17, 15) is 0 Å². The van der Waals surface area contributed by atoms with Crippen molar-refractivity contribution in [1.29, 1.82) is 10.8 Å². The van der Waals surface area contributed by atoms with Crippen molar-refractivity contribution in [2.24, 2.45) is 11.5 Å². The van der Waals surface area contributed by atoms with Gasteiger partial charge in [0.15, 0.2) is 0 Å². The zero-order valence-corrected chi connectivity index (χ0v) is 14.2. The van der Waals surface area contributed by atoms with Crippen LogP contribution < -0.4 is 22.1 Å². The molecule has 2 heterocycles. The third-order valence-electron chi connectivity index (χ3n) is 4.52. The molecule has 2 fully saturated rings. The Morgan fingerprint density at radius 3 is 2.43 bits per heavy atom. The summed E-state index contributed by atoms with van der Waals surface area (Å²) in [5.74, 6) is 0.829. The number of hydrogen-bond acceptors (Lipinski definition) is 6. The van der Waals surface area contributed by atoms with Crippen molar-refractivity contribution < 1.29 is 0 Å². The summed E-state index contributed by atoms with van der Waals surface area (Å²) in [4.78, 5) is 4.18. The highest BCUT2D eigenvalue weighted by Gasteiger charge is 2.27. The van der Waals surface area contributed by atoms with Crippen LogP contribution in [0.1, 0.15) is 19.3 Å². The topological polar surface area (TPSA) is 130 Å². The number of piperidine rings is 1. The van der Waals surface area contributed by atoms with Gasteiger partial charge >= 0.3 is 0 Å². The minimum absolute atomic E-state index is 0.0757. The van der Waals surface area contributed by atoms with E-state index in [1.54, 1.807) is 7.05 Å². The van der Waals surface area contributed by atoms with Gasteiger partial charge in [-0.25, -0.2) is 0 Å². The quantitative estimate of drug-likeness (QED) is 0.286. The largest absolute Gasteiger partial charge is 0.383 e. The summed E-state index contributed by atoms with van der Waals surface area (Å²) >= 11 is 0. The van der Waals surface area contributed by atoms with Gasteiger partial charge in [0.25, 0.3) is 0 Å². The van der Waals surface area contributed by atoms with E-state index < -0.39 is 0 Å². The van der Waals surface area contributed by atoms with Crippen LogP contribution in [0.4, 0.5) is 0 Å². The van der Waals surface area contributed by atoms with Gasteiger partial charge in [-0.3, -0.25) is 10.8 Å². The van der Waals surface area contributed by atoms with Crippen LogP contribution >= 0.6 is 0 Å². The third-order valence-corrected chi connectivity index (χ3v) is 4.52. The fourth-order valence-electron chi connectivity index (χ4n) is 3.28. The van der Waals surface area contributed by atoms with Crippen molar-refractivity contribution in [3.63, 3.8) is 0 Å². The van der Waals surface area contributed by atoms with Gasteiger partial charge in [-0.2, -0.15) is 0 Å². The predicted molar refractivity (Wildman–Crippen MR) is 93.5 cm³/mol. The Bertz CT molecular complexity index is 486. The first-order valence-electron chi connectivity index (χ1n) is 8.23. The Hall–Kier alpha value is -1.80. The first kappa shape index (κ1) is 17.6. The minimum atomic E-state index is -0.0997. The molecule has 130 valence electrons. The van der Waals surface area contributed by atoms with Crippen LogP contribution in [0.2, 0.25) is 0 Å². The lowest BCUT2D eigenvalue weighted by molar-refractivity contribution is 0.308. The number of likely N-dealkylation sites (N-methyl/N-ethyl adjacent to an activating group) is 1. The molecule has 8 heteroatoms. The van der Waals surface area contributed by atoms with E-state index in [1.807, 2.05) is 4.90 Å². The molecule has 0 spiro atoms. The Morgan fingerprint density at radius 2 is 1.91 bits per heavy atom. The van der Waals surface area contributed by atoms with Crippen LogP contribution in [-0.4, -0.2) is 73.8 Å². The monoisotopic (exact) mass is 322 g/mol. The first-order valence-corrected chi connectivity index (χ1v) is 8.23. The highest BCUT2D eigenvalue weighted by molar-refractivity contribution is 6.20. The van der Waals surface area contributed by atoms with Gasteiger partial charge in [0.2, 0.25) is 0 Å². The number of likely N-dealkylation sites (tertiary alicyclic amines) is 2. The summed E-state index contributed by atoms with van der Waals surface area (Å²) < 4.78 is 0.